The Labute approximate surface area is 280 Å². The highest BCUT2D eigenvalue weighted by Crippen LogP contribution is 2.43. The largest absolute Gasteiger partial charge is 0.309 e. The first-order chi connectivity index (χ1) is 23.8. The minimum atomic E-state index is 0.649. The molecule has 0 saturated carbocycles. The SMILES string of the molecule is c1ccc(-c2nc(-c3ccccc3)nc(-c3ccc(-n4c5ccccc5c5cc6c(cc54)sc4ccc5ccccc5c46)cc3)n2)cc1. The molecule has 0 radical (unpaired) electrons. The fourth-order valence-corrected chi connectivity index (χ4v) is 8.12. The van der Waals surface area contributed by atoms with Crippen LogP contribution in [0.3, 0.4) is 0 Å². The van der Waals surface area contributed by atoms with Gasteiger partial charge in [-0.25, -0.2) is 15.0 Å². The van der Waals surface area contributed by atoms with Crippen LogP contribution < -0.4 is 0 Å². The summed E-state index contributed by atoms with van der Waals surface area (Å²) in [4.78, 5) is 14.7. The predicted molar refractivity (Wildman–Crippen MR) is 201 cm³/mol. The lowest BCUT2D eigenvalue weighted by Crippen LogP contribution is -2.00. The molecule has 5 heteroatoms. The first-order valence-corrected chi connectivity index (χ1v) is 16.9. The van der Waals surface area contributed by atoms with Gasteiger partial charge in [-0.2, -0.15) is 0 Å². The van der Waals surface area contributed by atoms with Crippen molar-refractivity contribution in [1.82, 2.24) is 19.5 Å². The van der Waals surface area contributed by atoms with E-state index in [1.165, 1.54) is 52.8 Å². The van der Waals surface area contributed by atoms with Gasteiger partial charge in [0.15, 0.2) is 17.5 Å². The van der Waals surface area contributed by atoms with E-state index in [1.807, 2.05) is 72.0 Å². The Bertz CT molecular complexity index is 2760. The normalized spacial score (nSPS) is 11.8. The Morgan fingerprint density at radius 3 is 1.67 bits per heavy atom. The number of fused-ring (bicyclic) bond motifs is 8. The minimum Gasteiger partial charge on any atom is -0.309 e. The van der Waals surface area contributed by atoms with Crippen LogP contribution in [0.2, 0.25) is 0 Å². The van der Waals surface area contributed by atoms with Crippen molar-refractivity contribution in [2.24, 2.45) is 0 Å². The van der Waals surface area contributed by atoms with Crippen molar-refractivity contribution < 1.29 is 0 Å². The van der Waals surface area contributed by atoms with Crippen LogP contribution in [0.5, 0.6) is 0 Å². The second-order valence-corrected chi connectivity index (χ2v) is 13.1. The molecule has 0 N–H and O–H groups in total. The van der Waals surface area contributed by atoms with Gasteiger partial charge in [0.05, 0.1) is 11.0 Å². The van der Waals surface area contributed by atoms with Gasteiger partial charge in [-0.15, -0.1) is 11.3 Å². The highest BCUT2D eigenvalue weighted by Gasteiger charge is 2.17. The summed E-state index contributed by atoms with van der Waals surface area (Å²) < 4.78 is 4.99. The van der Waals surface area contributed by atoms with Gasteiger partial charge in [0.2, 0.25) is 0 Å². The molecule has 0 atom stereocenters. The quantitative estimate of drug-likeness (QED) is 0.194. The maximum atomic E-state index is 4.94. The van der Waals surface area contributed by atoms with E-state index in [0.717, 1.165) is 22.4 Å². The highest BCUT2D eigenvalue weighted by atomic mass is 32.1. The van der Waals surface area contributed by atoms with Crippen LogP contribution in [0.15, 0.2) is 158 Å². The first kappa shape index (κ1) is 27.0. The molecule has 0 aliphatic rings. The van der Waals surface area contributed by atoms with E-state index in [1.54, 1.807) is 0 Å². The Morgan fingerprint density at radius 2 is 0.979 bits per heavy atom. The highest BCUT2D eigenvalue weighted by molar-refractivity contribution is 7.26. The first-order valence-electron chi connectivity index (χ1n) is 16.0. The molecule has 48 heavy (non-hydrogen) atoms. The number of rotatable bonds is 4. The molecule has 0 amide bonds. The van der Waals surface area contributed by atoms with Gasteiger partial charge < -0.3 is 4.57 Å². The maximum absolute atomic E-state index is 4.94. The van der Waals surface area contributed by atoms with E-state index in [4.69, 9.17) is 15.0 Å². The van der Waals surface area contributed by atoms with E-state index in [-0.39, 0.29) is 0 Å². The Balaban J connectivity index is 1.14. The Hall–Kier alpha value is -6.17. The zero-order valence-corrected chi connectivity index (χ0v) is 26.5. The van der Waals surface area contributed by atoms with E-state index in [0.29, 0.717) is 17.5 Å². The molecular weight excluding hydrogens is 605 g/mol. The third-order valence-corrected chi connectivity index (χ3v) is 10.4. The summed E-state index contributed by atoms with van der Waals surface area (Å²) in [7, 11) is 0. The average Bonchev–Trinajstić information content (AvgIpc) is 3.69. The Morgan fingerprint density at radius 1 is 0.396 bits per heavy atom. The second kappa shape index (κ2) is 10.7. The van der Waals surface area contributed by atoms with Gasteiger partial charge in [0.1, 0.15) is 0 Å². The molecule has 0 spiro atoms. The van der Waals surface area contributed by atoms with Gasteiger partial charge in [-0.3, -0.25) is 0 Å². The molecule has 10 rings (SSSR count). The number of aromatic nitrogens is 4. The summed E-state index contributed by atoms with van der Waals surface area (Å²) in [6.07, 6.45) is 0. The average molecular weight is 631 g/mol. The molecule has 0 unspecified atom stereocenters. The van der Waals surface area contributed by atoms with Crippen molar-refractivity contribution in [3.8, 4) is 39.9 Å². The molecule has 0 aliphatic carbocycles. The zero-order valence-electron chi connectivity index (χ0n) is 25.7. The van der Waals surface area contributed by atoms with E-state index < -0.39 is 0 Å². The van der Waals surface area contributed by atoms with Crippen molar-refractivity contribution in [1.29, 1.82) is 0 Å². The van der Waals surface area contributed by atoms with E-state index in [2.05, 4.69) is 102 Å². The summed E-state index contributed by atoms with van der Waals surface area (Å²) in [6, 6.07) is 55.5. The van der Waals surface area contributed by atoms with Gasteiger partial charge in [0, 0.05) is 53.3 Å². The molecule has 0 saturated heterocycles. The van der Waals surface area contributed by atoms with Gasteiger partial charge >= 0.3 is 0 Å². The fourth-order valence-electron chi connectivity index (χ4n) is 6.98. The summed E-state index contributed by atoms with van der Waals surface area (Å²) in [5.74, 6) is 1.97. The molecule has 0 fully saturated rings. The molecule has 10 aromatic rings. The number of hydrogen-bond donors (Lipinski definition) is 0. The van der Waals surface area contributed by atoms with Crippen LogP contribution in [-0.2, 0) is 0 Å². The summed E-state index contributed by atoms with van der Waals surface area (Å²) >= 11 is 1.87. The molecule has 7 aromatic carbocycles. The lowest BCUT2D eigenvalue weighted by atomic mass is 10.0. The van der Waals surface area contributed by atoms with E-state index in [9.17, 15) is 0 Å². The van der Waals surface area contributed by atoms with Gasteiger partial charge in [-0.05, 0) is 59.3 Å². The van der Waals surface area contributed by atoms with Crippen LogP contribution in [-0.4, -0.2) is 19.5 Å². The number of nitrogens with zero attached hydrogens (tertiary/aromatic N) is 4. The number of benzene rings is 7. The summed E-state index contributed by atoms with van der Waals surface area (Å²) in [5.41, 5.74) is 6.34. The molecule has 4 nitrogen and oxygen atoms in total. The van der Waals surface area contributed by atoms with Crippen LogP contribution >= 0.6 is 11.3 Å². The smallest absolute Gasteiger partial charge is 0.164 e. The minimum absolute atomic E-state index is 0.649. The third-order valence-electron chi connectivity index (χ3n) is 9.24. The van der Waals surface area contributed by atoms with E-state index >= 15 is 0 Å². The standard InChI is InChI=1S/C43H26N4S/c1-3-12-28(13-4-1)41-44-42(29-14-5-2-6-15-29)46-43(45-41)30-19-22-31(23-20-30)47-36-18-10-9-17-33(36)34-25-35-39(26-37(34)47)48-38-24-21-27-11-7-8-16-32(27)40(35)38/h1-26H. The van der Waals surface area contributed by atoms with Gasteiger partial charge in [-0.1, -0.05) is 109 Å². The lowest BCUT2D eigenvalue weighted by Gasteiger charge is -2.11. The van der Waals surface area contributed by atoms with Crippen molar-refractivity contribution in [3.63, 3.8) is 0 Å². The summed E-state index contributed by atoms with van der Waals surface area (Å²) in [5, 5.41) is 7.75. The number of thiophene rings is 1. The Kier molecular flexibility index (Phi) is 6.01. The monoisotopic (exact) mass is 630 g/mol. The van der Waals surface area contributed by atoms with Crippen molar-refractivity contribution in [3.05, 3.63) is 158 Å². The fraction of sp³-hybridized carbons (Fsp3) is 0. The van der Waals surface area contributed by atoms with Crippen LogP contribution in [0, 0.1) is 0 Å². The van der Waals surface area contributed by atoms with Crippen molar-refractivity contribution in [2.75, 3.05) is 0 Å². The van der Waals surface area contributed by atoms with Crippen molar-refractivity contribution in [2.45, 2.75) is 0 Å². The molecular formula is C43H26N4S. The number of hydrogen-bond acceptors (Lipinski definition) is 4. The van der Waals surface area contributed by atoms with Crippen molar-refractivity contribution >= 4 is 64.1 Å². The third kappa shape index (κ3) is 4.25. The summed E-state index contributed by atoms with van der Waals surface area (Å²) in [6.45, 7) is 0. The maximum Gasteiger partial charge on any atom is 0.164 e. The second-order valence-electron chi connectivity index (χ2n) is 12.1. The molecule has 0 aliphatic heterocycles. The predicted octanol–water partition coefficient (Wildman–Crippen LogP) is 11.5. The van der Waals surface area contributed by atoms with Crippen LogP contribution in [0.1, 0.15) is 0 Å². The number of para-hydroxylation sites is 1. The molecule has 224 valence electrons. The molecule has 3 aromatic heterocycles. The van der Waals surface area contributed by atoms with Crippen LogP contribution in [0.25, 0.3) is 92.6 Å². The molecule has 3 heterocycles. The van der Waals surface area contributed by atoms with Gasteiger partial charge in [0.25, 0.3) is 0 Å². The lowest BCUT2D eigenvalue weighted by molar-refractivity contribution is 1.07. The zero-order chi connectivity index (χ0) is 31.6. The van der Waals surface area contributed by atoms with Crippen LogP contribution in [0.4, 0.5) is 0 Å². The molecule has 0 bridgehead atoms. The topological polar surface area (TPSA) is 43.6 Å².